The van der Waals surface area contributed by atoms with E-state index in [9.17, 15) is 17.6 Å². The summed E-state index contributed by atoms with van der Waals surface area (Å²) in [6.07, 6.45) is 3.60. The zero-order chi connectivity index (χ0) is 20.1. The molecular weight excluding hydrogens is 379 g/mol. The minimum atomic E-state index is -3.85. The molecule has 1 N–H and O–H groups in total. The van der Waals surface area contributed by atoms with E-state index in [1.54, 1.807) is 36.4 Å². The average Bonchev–Trinajstić information content (AvgIpc) is 2.73. The van der Waals surface area contributed by atoms with Gasteiger partial charge in [0.15, 0.2) is 5.03 Å². The Balaban J connectivity index is 1.84. The van der Waals surface area contributed by atoms with Gasteiger partial charge < -0.3 is 5.32 Å². The lowest BCUT2D eigenvalue weighted by atomic mass is 10.1. The normalized spacial score (nSPS) is 11.5. The fraction of sp³-hybridized carbons (Fsp3) is 0.0476. The van der Waals surface area contributed by atoms with Crippen LogP contribution < -0.4 is 5.32 Å². The first-order chi connectivity index (χ1) is 13.4. The molecule has 5 nitrogen and oxygen atoms in total. The first kappa shape index (κ1) is 19.4. The summed E-state index contributed by atoms with van der Waals surface area (Å²) in [6.45, 7) is 0. The van der Waals surface area contributed by atoms with Gasteiger partial charge in [-0.3, -0.25) is 4.79 Å². The van der Waals surface area contributed by atoms with Crippen molar-refractivity contribution in [3.8, 4) is 0 Å². The summed E-state index contributed by atoms with van der Waals surface area (Å²) in [7, 11) is -2.40. The molecular formula is C21H17FN2O3S. The number of nitrogens with one attached hydrogen (secondary N) is 1. The zero-order valence-corrected chi connectivity index (χ0v) is 15.8. The van der Waals surface area contributed by atoms with Crippen molar-refractivity contribution in [3.05, 3.63) is 89.4 Å². The molecule has 0 aliphatic rings. The SMILES string of the molecule is CNC(=O)c1cccc(S(=O)(=O)c2ccc(/C=C/c3ccc(F)cc3)cc2)n1. The Morgan fingerprint density at radius 1 is 0.929 bits per heavy atom. The molecule has 0 aliphatic heterocycles. The van der Waals surface area contributed by atoms with Crippen molar-refractivity contribution in [2.75, 3.05) is 7.05 Å². The second-order valence-electron chi connectivity index (χ2n) is 5.90. The third-order valence-electron chi connectivity index (χ3n) is 3.99. The lowest BCUT2D eigenvalue weighted by Gasteiger charge is -2.06. The largest absolute Gasteiger partial charge is 0.354 e. The molecule has 0 spiro atoms. The maximum atomic E-state index is 12.9. The van der Waals surface area contributed by atoms with Crippen LogP contribution in [-0.4, -0.2) is 26.4 Å². The van der Waals surface area contributed by atoms with Crippen LogP contribution in [0.4, 0.5) is 4.39 Å². The number of halogens is 1. The van der Waals surface area contributed by atoms with Crippen molar-refractivity contribution >= 4 is 27.9 Å². The Morgan fingerprint density at radius 3 is 2.07 bits per heavy atom. The van der Waals surface area contributed by atoms with Crippen LogP contribution in [0.3, 0.4) is 0 Å². The van der Waals surface area contributed by atoms with Crippen molar-refractivity contribution in [3.63, 3.8) is 0 Å². The highest BCUT2D eigenvalue weighted by Crippen LogP contribution is 2.20. The van der Waals surface area contributed by atoms with Gasteiger partial charge in [-0.05, 0) is 47.5 Å². The predicted octanol–water partition coefficient (Wildman–Crippen LogP) is 3.58. The van der Waals surface area contributed by atoms with E-state index in [-0.39, 0.29) is 21.4 Å². The first-order valence-corrected chi connectivity index (χ1v) is 9.86. The van der Waals surface area contributed by atoms with Crippen molar-refractivity contribution in [1.29, 1.82) is 0 Å². The molecule has 1 heterocycles. The maximum absolute atomic E-state index is 12.9. The molecule has 0 saturated heterocycles. The van der Waals surface area contributed by atoms with Crippen LogP contribution in [0.25, 0.3) is 12.2 Å². The van der Waals surface area contributed by atoms with Crippen molar-refractivity contribution < 1.29 is 17.6 Å². The minimum absolute atomic E-state index is 0.0300. The van der Waals surface area contributed by atoms with Crippen molar-refractivity contribution in [2.24, 2.45) is 0 Å². The summed E-state index contributed by atoms with van der Waals surface area (Å²) < 4.78 is 38.5. The molecule has 0 saturated carbocycles. The van der Waals surface area contributed by atoms with Gasteiger partial charge in [-0.15, -0.1) is 0 Å². The van der Waals surface area contributed by atoms with Crippen LogP contribution in [0.5, 0.6) is 0 Å². The predicted molar refractivity (Wildman–Crippen MR) is 105 cm³/mol. The number of rotatable bonds is 5. The highest BCUT2D eigenvalue weighted by Gasteiger charge is 2.20. The summed E-state index contributed by atoms with van der Waals surface area (Å²) in [5.74, 6) is -0.765. The van der Waals surface area contributed by atoms with E-state index in [4.69, 9.17) is 0 Å². The third kappa shape index (κ3) is 4.32. The van der Waals surface area contributed by atoms with E-state index >= 15 is 0 Å². The van der Waals surface area contributed by atoms with E-state index in [0.29, 0.717) is 0 Å². The fourth-order valence-corrected chi connectivity index (χ4v) is 3.68. The van der Waals surface area contributed by atoms with Gasteiger partial charge in [-0.25, -0.2) is 17.8 Å². The van der Waals surface area contributed by atoms with Gasteiger partial charge in [0.2, 0.25) is 9.84 Å². The quantitative estimate of drug-likeness (QED) is 0.669. The number of sulfone groups is 1. The van der Waals surface area contributed by atoms with Crippen LogP contribution in [0.2, 0.25) is 0 Å². The number of nitrogens with zero attached hydrogens (tertiary/aromatic N) is 1. The van der Waals surface area contributed by atoms with Crippen LogP contribution >= 0.6 is 0 Å². The molecule has 142 valence electrons. The van der Waals surface area contributed by atoms with Crippen LogP contribution in [-0.2, 0) is 9.84 Å². The molecule has 3 aromatic rings. The van der Waals surface area contributed by atoms with E-state index in [1.165, 1.54) is 49.5 Å². The van der Waals surface area contributed by atoms with Gasteiger partial charge in [-0.1, -0.05) is 42.5 Å². The second kappa shape index (κ2) is 8.14. The van der Waals surface area contributed by atoms with Crippen LogP contribution in [0, 0.1) is 5.82 Å². The smallest absolute Gasteiger partial charge is 0.269 e. The zero-order valence-electron chi connectivity index (χ0n) is 15.0. The molecule has 0 aliphatic carbocycles. The van der Waals surface area contributed by atoms with Gasteiger partial charge in [-0.2, -0.15) is 0 Å². The molecule has 7 heteroatoms. The summed E-state index contributed by atoms with van der Waals surface area (Å²) in [6, 6.07) is 16.6. The highest BCUT2D eigenvalue weighted by molar-refractivity contribution is 7.91. The fourth-order valence-electron chi connectivity index (χ4n) is 2.46. The molecule has 0 atom stereocenters. The molecule has 1 aromatic heterocycles. The number of amides is 1. The van der Waals surface area contributed by atoms with E-state index in [1.807, 2.05) is 0 Å². The highest BCUT2D eigenvalue weighted by atomic mass is 32.2. The molecule has 1 amide bonds. The molecule has 0 bridgehead atoms. The third-order valence-corrected chi connectivity index (χ3v) is 5.66. The maximum Gasteiger partial charge on any atom is 0.269 e. The molecule has 0 unspecified atom stereocenters. The monoisotopic (exact) mass is 396 g/mol. The number of carbonyl (C=O) groups excluding carboxylic acids is 1. The first-order valence-electron chi connectivity index (χ1n) is 8.38. The van der Waals surface area contributed by atoms with E-state index in [0.717, 1.165) is 11.1 Å². The summed E-state index contributed by atoms with van der Waals surface area (Å²) in [5.41, 5.74) is 1.64. The summed E-state index contributed by atoms with van der Waals surface area (Å²) >= 11 is 0. The number of hydrogen-bond acceptors (Lipinski definition) is 4. The number of pyridine rings is 1. The molecule has 28 heavy (non-hydrogen) atoms. The average molecular weight is 396 g/mol. The molecule has 3 rings (SSSR count). The minimum Gasteiger partial charge on any atom is -0.354 e. The molecule has 0 fully saturated rings. The van der Waals surface area contributed by atoms with Crippen molar-refractivity contribution in [1.82, 2.24) is 10.3 Å². The Bertz CT molecular complexity index is 1120. The number of hydrogen-bond donors (Lipinski definition) is 1. The van der Waals surface area contributed by atoms with Gasteiger partial charge in [0.25, 0.3) is 5.91 Å². The van der Waals surface area contributed by atoms with Gasteiger partial charge in [0.05, 0.1) is 4.90 Å². The summed E-state index contributed by atoms with van der Waals surface area (Å²) in [5, 5.41) is 2.22. The Hall–Kier alpha value is -3.32. The van der Waals surface area contributed by atoms with Gasteiger partial charge in [0.1, 0.15) is 11.5 Å². The molecule has 2 aromatic carbocycles. The van der Waals surface area contributed by atoms with E-state index < -0.39 is 15.7 Å². The number of aromatic nitrogens is 1. The lowest BCUT2D eigenvalue weighted by molar-refractivity contribution is 0.0957. The number of benzene rings is 2. The molecule has 0 radical (unpaired) electrons. The second-order valence-corrected chi connectivity index (χ2v) is 7.79. The standard InChI is InChI=1S/C21H17FN2O3S/c1-23-21(25)19-3-2-4-20(24-19)28(26,27)18-13-9-16(10-14-18)6-5-15-7-11-17(22)12-8-15/h2-14H,1H3,(H,23,25)/b6-5+. The Kier molecular flexibility index (Phi) is 5.65. The Morgan fingerprint density at radius 2 is 1.50 bits per heavy atom. The van der Waals surface area contributed by atoms with Crippen LogP contribution in [0.15, 0.2) is 76.7 Å². The Labute approximate surface area is 162 Å². The summed E-state index contributed by atoms with van der Waals surface area (Å²) in [4.78, 5) is 15.7. The van der Waals surface area contributed by atoms with Crippen molar-refractivity contribution in [2.45, 2.75) is 9.92 Å². The number of carbonyl (C=O) groups is 1. The van der Waals surface area contributed by atoms with Gasteiger partial charge >= 0.3 is 0 Å². The van der Waals surface area contributed by atoms with Crippen LogP contribution in [0.1, 0.15) is 21.6 Å². The lowest BCUT2D eigenvalue weighted by Crippen LogP contribution is -2.20. The topological polar surface area (TPSA) is 76.1 Å². The van der Waals surface area contributed by atoms with Gasteiger partial charge in [0, 0.05) is 7.05 Å². The van der Waals surface area contributed by atoms with E-state index in [2.05, 4.69) is 10.3 Å².